The minimum atomic E-state index is -4.32. The van der Waals surface area contributed by atoms with E-state index in [9.17, 15) is 29.2 Å². The lowest BCUT2D eigenvalue weighted by molar-refractivity contribution is -0.150. The van der Waals surface area contributed by atoms with Crippen molar-refractivity contribution >= 4 is 13.7 Å². The van der Waals surface area contributed by atoms with E-state index < -0.39 is 61.7 Å². The number of aliphatic hydroxyl groups is 2. The number of terminal acetylenes is 1. The monoisotopic (exact) mass is 563 g/mol. The van der Waals surface area contributed by atoms with Crippen LogP contribution < -0.4 is 20.9 Å². The molecule has 0 bridgehead atoms. The molecule has 13 nitrogen and oxygen atoms in total. The zero-order valence-electron chi connectivity index (χ0n) is 21.1. The third kappa shape index (κ3) is 6.50. The Morgan fingerprint density at radius 3 is 2.64 bits per heavy atom. The molecule has 0 amide bonds. The van der Waals surface area contributed by atoms with Crippen LogP contribution >= 0.6 is 7.75 Å². The maximum absolute atomic E-state index is 13.8. The number of nitrogens with zero attached hydrogens (tertiary/aromatic N) is 1. The average molecular weight is 564 g/mol. The van der Waals surface area contributed by atoms with Gasteiger partial charge in [-0.3, -0.25) is 23.7 Å². The minimum absolute atomic E-state index is 0.162. The lowest BCUT2D eigenvalue weighted by atomic mass is 9.95. The Morgan fingerprint density at radius 1 is 1.31 bits per heavy atom. The third-order valence-electron chi connectivity index (χ3n) is 6.49. The summed E-state index contributed by atoms with van der Waals surface area (Å²) < 4.78 is 36.9. The Kier molecular flexibility index (Phi) is 8.76. The predicted molar refractivity (Wildman–Crippen MR) is 137 cm³/mol. The normalized spacial score (nSPS) is 27.4. The van der Waals surface area contributed by atoms with Crippen molar-refractivity contribution in [2.75, 3.05) is 6.61 Å². The van der Waals surface area contributed by atoms with Crippen LogP contribution in [0.25, 0.3) is 0 Å². The van der Waals surface area contributed by atoms with Gasteiger partial charge < -0.3 is 24.2 Å². The van der Waals surface area contributed by atoms with Crippen molar-refractivity contribution in [2.45, 2.75) is 68.8 Å². The molecule has 2 aromatic rings. The molecule has 1 saturated carbocycles. The molecule has 2 aliphatic rings. The lowest BCUT2D eigenvalue weighted by Crippen LogP contribution is -2.48. The Labute approximate surface area is 223 Å². The fraction of sp³-hybridized carbons (Fsp3) is 0.480. The highest BCUT2D eigenvalue weighted by Gasteiger charge is 2.56. The topological polar surface area (TPSA) is 178 Å². The highest BCUT2D eigenvalue weighted by atomic mass is 31.2. The van der Waals surface area contributed by atoms with E-state index in [0.717, 1.165) is 42.5 Å². The zero-order chi connectivity index (χ0) is 28.2. The molecule has 210 valence electrons. The van der Waals surface area contributed by atoms with Gasteiger partial charge in [-0.1, -0.05) is 24.1 Å². The van der Waals surface area contributed by atoms with Gasteiger partial charge in [0.2, 0.25) is 0 Å². The second kappa shape index (κ2) is 11.9. The summed E-state index contributed by atoms with van der Waals surface area (Å²) in [7, 11) is -4.32. The number of hydrogen-bond acceptors (Lipinski definition) is 10. The number of aromatic amines is 1. The van der Waals surface area contributed by atoms with E-state index in [4.69, 9.17) is 24.9 Å². The molecular weight excluding hydrogens is 533 g/mol. The first-order chi connectivity index (χ1) is 18.5. The van der Waals surface area contributed by atoms with Crippen LogP contribution in [0.4, 0.5) is 0 Å². The van der Waals surface area contributed by atoms with Crippen LogP contribution in [0.1, 0.15) is 38.8 Å². The van der Waals surface area contributed by atoms with Gasteiger partial charge in [-0.25, -0.2) is 9.36 Å². The third-order valence-corrected chi connectivity index (χ3v) is 8.13. The molecular formula is C25H30N3O10P. The standard InChI is InChI=1S/C25H30N3O10P/c1-3-25(33)21(30)19(37-23(25)28-14-13-20(29)26-24(28)32)15-35-39(34,38-18-11-5-4-6-12-18)27-16(2)22(31)36-17-9-7-8-10-17/h1,4-6,11-14,16-17,19,21,23,30,33H,7-10,15H2,2H3,(H,27,34)(H,26,29,32)/t16-,19+,21+,23+,25+,39?/m0/s1. The second-order valence-electron chi connectivity index (χ2n) is 9.35. The van der Waals surface area contributed by atoms with Crippen LogP contribution in [0.2, 0.25) is 0 Å². The molecule has 1 saturated heterocycles. The van der Waals surface area contributed by atoms with E-state index in [1.54, 1.807) is 18.2 Å². The van der Waals surface area contributed by atoms with Gasteiger partial charge in [-0.15, -0.1) is 6.42 Å². The van der Waals surface area contributed by atoms with E-state index in [1.165, 1.54) is 19.1 Å². The molecule has 39 heavy (non-hydrogen) atoms. The molecule has 4 N–H and O–H groups in total. The number of hydrogen-bond donors (Lipinski definition) is 4. The number of H-pyrrole nitrogens is 1. The number of ether oxygens (including phenoxy) is 2. The number of aromatic nitrogens is 2. The van der Waals surface area contributed by atoms with Crippen LogP contribution in [-0.2, 0) is 23.4 Å². The van der Waals surface area contributed by atoms with E-state index >= 15 is 0 Å². The number of carbonyl (C=O) groups excluding carboxylic acids is 1. The second-order valence-corrected chi connectivity index (χ2v) is 11.0. The zero-order valence-corrected chi connectivity index (χ0v) is 22.0. The predicted octanol–water partition coefficient (Wildman–Crippen LogP) is 0.827. The van der Waals surface area contributed by atoms with Gasteiger partial charge in [-0.2, -0.15) is 5.09 Å². The van der Waals surface area contributed by atoms with Crippen LogP contribution in [0, 0.1) is 12.3 Å². The number of aliphatic hydroxyl groups excluding tert-OH is 1. The highest BCUT2D eigenvalue weighted by Crippen LogP contribution is 2.47. The smallest absolute Gasteiger partial charge is 0.459 e. The summed E-state index contributed by atoms with van der Waals surface area (Å²) in [5.41, 5.74) is -4.04. The number of benzene rings is 1. The van der Waals surface area contributed by atoms with E-state index in [-0.39, 0.29) is 11.9 Å². The number of nitrogens with one attached hydrogen (secondary N) is 2. The first-order valence-electron chi connectivity index (χ1n) is 12.4. The summed E-state index contributed by atoms with van der Waals surface area (Å²) >= 11 is 0. The molecule has 1 aromatic carbocycles. The van der Waals surface area contributed by atoms with Crippen LogP contribution in [-0.4, -0.2) is 62.3 Å². The van der Waals surface area contributed by atoms with Gasteiger partial charge in [0.1, 0.15) is 30.1 Å². The van der Waals surface area contributed by atoms with Crippen molar-refractivity contribution in [1.29, 1.82) is 0 Å². The summed E-state index contributed by atoms with van der Waals surface area (Å²) in [6, 6.07) is 7.96. The SMILES string of the molecule is C#C[C@@]1(O)[C@H](O)[C@@H](COP(=O)(N[C@@H](C)C(=O)OC2CCCC2)Oc2ccccc2)O[C@H]1n1ccc(=O)[nH]c1=O. The van der Waals surface area contributed by atoms with Crippen molar-refractivity contribution in [1.82, 2.24) is 14.6 Å². The molecule has 1 unspecified atom stereocenters. The molecule has 2 fully saturated rings. The molecule has 1 aliphatic carbocycles. The number of para-hydroxylation sites is 1. The fourth-order valence-corrected chi connectivity index (χ4v) is 5.90. The lowest BCUT2D eigenvalue weighted by Gasteiger charge is -2.26. The van der Waals surface area contributed by atoms with Crippen LogP contribution in [0.15, 0.2) is 52.2 Å². The molecule has 0 spiro atoms. The first-order valence-corrected chi connectivity index (χ1v) is 13.9. The van der Waals surface area contributed by atoms with E-state index in [2.05, 4.69) is 5.09 Å². The number of carbonyl (C=O) groups is 1. The van der Waals surface area contributed by atoms with E-state index in [0.29, 0.717) is 0 Å². The van der Waals surface area contributed by atoms with Crippen LogP contribution in [0.5, 0.6) is 5.75 Å². The Morgan fingerprint density at radius 2 is 2.00 bits per heavy atom. The summed E-state index contributed by atoms with van der Waals surface area (Å²) in [5.74, 6) is 1.55. The van der Waals surface area contributed by atoms with Crippen molar-refractivity contribution in [3.05, 3.63) is 63.4 Å². The molecule has 2 heterocycles. The fourth-order valence-electron chi connectivity index (χ4n) is 4.39. The van der Waals surface area contributed by atoms with Gasteiger partial charge in [0.15, 0.2) is 11.8 Å². The van der Waals surface area contributed by atoms with Crippen molar-refractivity contribution in [3.8, 4) is 18.1 Å². The quantitative estimate of drug-likeness (QED) is 0.183. The number of rotatable bonds is 10. The highest BCUT2D eigenvalue weighted by molar-refractivity contribution is 7.52. The number of esters is 1. The maximum atomic E-state index is 13.8. The van der Waals surface area contributed by atoms with Gasteiger partial charge in [0.05, 0.1) is 6.61 Å². The molecule has 14 heteroatoms. The molecule has 1 aliphatic heterocycles. The Hall–Kier alpha value is -3.24. The van der Waals surface area contributed by atoms with Gasteiger partial charge in [0, 0.05) is 12.3 Å². The summed E-state index contributed by atoms with van der Waals surface area (Å²) in [4.78, 5) is 38.4. The molecule has 4 rings (SSSR count). The molecule has 6 atom stereocenters. The van der Waals surface area contributed by atoms with Crippen molar-refractivity contribution in [2.24, 2.45) is 0 Å². The largest absolute Gasteiger partial charge is 0.461 e. The average Bonchev–Trinajstić information content (AvgIpc) is 3.50. The minimum Gasteiger partial charge on any atom is -0.461 e. The Balaban J connectivity index is 1.52. The van der Waals surface area contributed by atoms with Crippen molar-refractivity contribution in [3.63, 3.8) is 0 Å². The summed E-state index contributed by atoms with van der Waals surface area (Å²) in [6.45, 7) is 0.805. The molecule has 1 aromatic heterocycles. The Bertz CT molecular complexity index is 1370. The van der Waals surface area contributed by atoms with Crippen molar-refractivity contribution < 1.29 is 38.1 Å². The van der Waals surface area contributed by atoms with Gasteiger partial charge >= 0.3 is 19.4 Å². The maximum Gasteiger partial charge on any atom is 0.459 e. The first kappa shape index (κ1) is 28.8. The van der Waals surface area contributed by atoms with Gasteiger partial charge in [0.25, 0.3) is 5.56 Å². The van der Waals surface area contributed by atoms with Crippen LogP contribution in [0.3, 0.4) is 0 Å². The van der Waals surface area contributed by atoms with E-state index in [1.807, 2.05) is 10.9 Å². The molecule has 0 radical (unpaired) electrons. The van der Waals surface area contributed by atoms with Gasteiger partial charge in [-0.05, 0) is 44.7 Å². The summed E-state index contributed by atoms with van der Waals surface area (Å²) in [5, 5.41) is 24.3. The summed E-state index contributed by atoms with van der Waals surface area (Å²) in [6.07, 6.45) is 4.90.